The van der Waals surface area contributed by atoms with E-state index in [4.69, 9.17) is 11.6 Å². The van der Waals surface area contributed by atoms with E-state index < -0.39 is 17.3 Å². The highest BCUT2D eigenvalue weighted by Gasteiger charge is 2.44. The number of hydrogen-bond acceptors (Lipinski definition) is 3. The minimum Gasteiger partial charge on any atom is -0.479 e. The van der Waals surface area contributed by atoms with E-state index in [1.165, 1.54) is 27.9 Å². The fourth-order valence-corrected chi connectivity index (χ4v) is 3.22. The van der Waals surface area contributed by atoms with Gasteiger partial charge in [0.05, 0.1) is 10.6 Å². The Morgan fingerprint density at radius 3 is 2.54 bits per heavy atom. The molecular formula is C16H15ClFN3O3. The molecule has 0 aliphatic carbocycles. The Kier molecular flexibility index (Phi) is 4.28. The fraction of sp³-hybridized carbons (Fsp3) is 0.312. The minimum absolute atomic E-state index is 0.0437. The lowest BCUT2D eigenvalue weighted by molar-refractivity contribution is -0.150. The van der Waals surface area contributed by atoms with E-state index in [1.54, 1.807) is 12.3 Å². The molecule has 6 nitrogen and oxygen atoms in total. The highest BCUT2D eigenvalue weighted by molar-refractivity contribution is 6.33. The van der Waals surface area contributed by atoms with Crippen LogP contribution in [-0.4, -0.2) is 44.8 Å². The number of carboxylic acid groups (broad SMARTS) is 1. The second kappa shape index (κ2) is 6.24. The zero-order valence-corrected chi connectivity index (χ0v) is 13.4. The van der Waals surface area contributed by atoms with Crippen LogP contribution in [0.3, 0.4) is 0 Å². The van der Waals surface area contributed by atoms with Crippen molar-refractivity contribution < 1.29 is 19.1 Å². The third-order valence-corrected chi connectivity index (χ3v) is 4.69. The molecule has 0 unspecified atom stereocenters. The molecule has 1 aromatic carbocycles. The summed E-state index contributed by atoms with van der Waals surface area (Å²) in [5.74, 6) is -1.82. The summed E-state index contributed by atoms with van der Waals surface area (Å²) in [6.45, 7) is 0.497. The maximum Gasteiger partial charge on any atom is 0.331 e. The summed E-state index contributed by atoms with van der Waals surface area (Å²) in [5, 5.41) is 13.7. The lowest BCUT2D eigenvalue weighted by atomic mass is 9.87. The zero-order chi connectivity index (χ0) is 17.3. The van der Waals surface area contributed by atoms with E-state index >= 15 is 0 Å². The number of aliphatic carboxylic acids is 1. The minimum atomic E-state index is -1.16. The summed E-state index contributed by atoms with van der Waals surface area (Å²) in [6.07, 6.45) is 3.60. The Morgan fingerprint density at radius 2 is 2.00 bits per heavy atom. The molecule has 2 aromatic rings. The lowest BCUT2D eigenvalue weighted by Crippen LogP contribution is -2.52. The molecule has 0 atom stereocenters. The predicted octanol–water partition coefficient (Wildman–Crippen LogP) is 2.39. The number of carboxylic acids is 1. The molecule has 0 spiro atoms. The molecule has 0 radical (unpaired) electrons. The summed E-state index contributed by atoms with van der Waals surface area (Å²) in [7, 11) is 0. The molecule has 126 valence electrons. The van der Waals surface area contributed by atoms with Gasteiger partial charge in [-0.1, -0.05) is 11.6 Å². The number of likely N-dealkylation sites (tertiary alicyclic amines) is 1. The van der Waals surface area contributed by atoms with Crippen molar-refractivity contribution in [2.24, 2.45) is 0 Å². The third kappa shape index (κ3) is 2.75. The molecular weight excluding hydrogens is 337 g/mol. The van der Waals surface area contributed by atoms with Crippen LogP contribution in [0.4, 0.5) is 4.39 Å². The molecule has 3 rings (SSSR count). The molecule has 1 aromatic heterocycles. The Bertz CT molecular complexity index is 771. The van der Waals surface area contributed by atoms with E-state index in [0.29, 0.717) is 0 Å². The quantitative estimate of drug-likeness (QED) is 0.921. The topological polar surface area (TPSA) is 75.4 Å². The van der Waals surface area contributed by atoms with Gasteiger partial charge in [0.15, 0.2) is 5.54 Å². The highest BCUT2D eigenvalue weighted by atomic mass is 35.5. The van der Waals surface area contributed by atoms with Gasteiger partial charge in [-0.05, 0) is 24.3 Å². The SMILES string of the molecule is O=C(c1ccc(F)cc1Cl)N1CCC(C(=O)O)(n2cccn2)CC1. The summed E-state index contributed by atoms with van der Waals surface area (Å²) < 4.78 is 14.5. The van der Waals surface area contributed by atoms with Crippen molar-refractivity contribution in [1.29, 1.82) is 0 Å². The van der Waals surface area contributed by atoms with E-state index in [9.17, 15) is 19.1 Å². The van der Waals surface area contributed by atoms with E-state index in [2.05, 4.69) is 5.10 Å². The first-order valence-corrected chi connectivity index (χ1v) is 7.80. The molecule has 1 aliphatic heterocycles. The number of halogens is 2. The van der Waals surface area contributed by atoms with Crippen molar-refractivity contribution >= 4 is 23.5 Å². The van der Waals surface area contributed by atoms with Gasteiger partial charge in [-0.15, -0.1) is 0 Å². The Labute approximate surface area is 142 Å². The molecule has 8 heteroatoms. The molecule has 1 amide bonds. The largest absolute Gasteiger partial charge is 0.479 e. The van der Waals surface area contributed by atoms with Crippen LogP contribution in [0.5, 0.6) is 0 Å². The van der Waals surface area contributed by atoms with E-state index in [1.807, 2.05) is 0 Å². The van der Waals surface area contributed by atoms with Gasteiger partial charge in [-0.2, -0.15) is 5.10 Å². The molecule has 1 saturated heterocycles. The van der Waals surface area contributed by atoms with E-state index in [-0.39, 0.29) is 42.4 Å². The Morgan fingerprint density at radius 1 is 1.29 bits per heavy atom. The van der Waals surface area contributed by atoms with Gasteiger partial charge in [-0.25, -0.2) is 9.18 Å². The predicted molar refractivity (Wildman–Crippen MR) is 84.4 cm³/mol. The van der Waals surface area contributed by atoms with Gasteiger partial charge < -0.3 is 10.0 Å². The number of hydrogen-bond donors (Lipinski definition) is 1. The number of amides is 1. The number of aromatic nitrogens is 2. The number of carbonyl (C=O) groups is 2. The van der Waals surface area contributed by atoms with Crippen LogP contribution < -0.4 is 0 Å². The maximum absolute atomic E-state index is 13.1. The number of carbonyl (C=O) groups excluding carboxylic acids is 1. The average molecular weight is 352 g/mol. The number of benzene rings is 1. The maximum atomic E-state index is 13.1. The zero-order valence-electron chi connectivity index (χ0n) is 12.7. The van der Waals surface area contributed by atoms with Crippen LogP contribution in [0, 0.1) is 5.82 Å². The van der Waals surface area contributed by atoms with Crippen molar-refractivity contribution in [3.63, 3.8) is 0 Å². The van der Waals surface area contributed by atoms with Crippen molar-refractivity contribution in [1.82, 2.24) is 14.7 Å². The van der Waals surface area contributed by atoms with Gasteiger partial charge in [0.2, 0.25) is 0 Å². The summed E-state index contributed by atoms with van der Waals surface area (Å²) >= 11 is 5.94. The van der Waals surface area contributed by atoms with Crippen LogP contribution >= 0.6 is 11.6 Å². The first-order chi connectivity index (χ1) is 11.4. The number of nitrogens with zero attached hydrogens (tertiary/aromatic N) is 3. The van der Waals surface area contributed by atoms with Crippen LogP contribution in [0.1, 0.15) is 23.2 Å². The third-order valence-electron chi connectivity index (χ3n) is 4.38. The second-order valence-electron chi connectivity index (χ2n) is 5.70. The van der Waals surface area contributed by atoms with Gasteiger partial charge in [0.25, 0.3) is 5.91 Å². The first-order valence-electron chi connectivity index (χ1n) is 7.42. The van der Waals surface area contributed by atoms with Crippen molar-refractivity contribution in [3.8, 4) is 0 Å². The van der Waals surface area contributed by atoms with Gasteiger partial charge in [-0.3, -0.25) is 9.48 Å². The van der Waals surface area contributed by atoms with Crippen molar-refractivity contribution in [3.05, 3.63) is 53.1 Å². The number of piperidine rings is 1. The van der Waals surface area contributed by atoms with Gasteiger partial charge >= 0.3 is 5.97 Å². The number of rotatable bonds is 3. The molecule has 0 bridgehead atoms. The molecule has 1 fully saturated rings. The Hall–Kier alpha value is -2.41. The Balaban J connectivity index is 1.79. The van der Waals surface area contributed by atoms with E-state index in [0.717, 1.165) is 6.07 Å². The van der Waals surface area contributed by atoms with Crippen LogP contribution in [0.15, 0.2) is 36.7 Å². The van der Waals surface area contributed by atoms with Crippen LogP contribution in [0.25, 0.3) is 0 Å². The summed E-state index contributed by atoms with van der Waals surface area (Å²) in [6, 6.07) is 5.27. The lowest BCUT2D eigenvalue weighted by Gasteiger charge is -2.39. The summed E-state index contributed by atoms with van der Waals surface area (Å²) in [4.78, 5) is 25.9. The fourth-order valence-electron chi connectivity index (χ4n) is 2.98. The highest BCUT2D eigenvalue weighted by Crippen LogP contribution is 2.31. The van der Waals surface area contributed by atoms with Crippen molar-refractivity contribution in [2.75, 3.05) is 13.1 Å². The normalized spacial score (nSPS) is 16.8. The van der Waals surface area contributed by atoms with Crippen LogP contribution in [-0.2, 0) is 10.3 Å². The first kappa shape index (κ1) is 16.4. The smallest absolute Gasteiger partial charge is 0.331 e. The molecule has 1 N–H and O–H groups in total. The summed E-state index contributed by atoms with van der Waals surface area (Å²) in [5.41, 5.74) is -0.952. The monoisotopic (exact) mass is 351 g/mol. The molecule has 0 saturated carbocycles. The molecule has 2 heterocycles. The van der Waals surface area contributed by atoms with Crippen molar-refractivity contribution in [2.45, 2.75) is 18.4 Å². The van der Waals surface area contributed by atoms with Gasteiger partial charge in [0, 0.05) is 38.3 Å². The van der Waals surface area contributed by atoms with Gasteiger partial charge in [0.1, 0.15) is 5.82 Å². The molecule has 24 heavy (non-hydrogen) atoms. The average Bonchev–Trinajstić information content (AvgIpc) is 3.09. The molecule has 1 aliphatic rings. The standard InChI is InChI=1S/C16H15ClFN3O3/c17-13-10-11(18)2-3-12(13)14(22)20-8-4-16(5-9-20,15(23)24)21-7-1-6-19-21/h1-3,6-7,10H,4-5,8-9H2,(H,23,24). The van der Waals surface area contributed by atoms with Crippen LogP contribution in [0.2, 0.25) is 5.02 Å². The second-order valence-corrected chi connectivity index (χ2v) is 6.11.